The Morgan fingerprint density at radius 2 is 2.06 bits per heavy atom. The van der Waals surface area contributed by atoms with E-state index in [4.69, 9.17) is 9.47 Å². The molecule has 4 heteroatoms. The van der Waals surface area contributed by atoms with E-state index in [-0.39, 0.29) is 11.8 Å². The third-order valence-electron chi connectivity index (χ3n) is 2.61. The number of methoxy groups -OCH3 is 2. The van der Waals surface area contributed by atoms with Crippen molar-refractivity contribution in [2.24, 2.45) is 5.92 Å². The van der Waals surface area contributed by atoms with Crippen LogP contribution in [0.25, 0.3) is 0 Å². The van der Waals surface area contributed by atoms with Crippen LogP contribution in [0.5, 0.6) is 11.5 Å². The van der Waals surface area contributed by atoms with Crippen molar-refractivity contribution in [2.75, 3.05) is 19.5 Å². The normalized spacial score (nSPS) is 14.4. The van der Waals surface area contributed by atoms with Crippen LogP contribution < -0.4 is 14.8 Å². The van der Waals surface area contributed by atoms with E-state index in [1.54, 1.807) is 32.4 Å². The highest BCUT2D eigenvalue weighted by atomic mass is 16.5. The maximum Gasteiger partial charge on any atom is 0.227 e. The summed E-state index contributed by atoms with van der Waals surface area (Å²) in [5.74, 6) is 1.59. The van der Waals surface area contributed by atoms with Gasteiger partial charge in [-0.1, -0.05) is 0 Å². The zero-order chi connectivity index (χ0) is 11.5. The predicted octanol–water partition coefficient (Wildman–Crippen LogP) is 2.05. The van der Waals surface area contributed by atoms with Gasteiger partial charge in [-0.3, -0.25) is 4.79 Å². The molecule has 1 amide bonds. The second-order valence-electron chi connectivity index (χ2n) is 3.83. The molecule has 1 aromatic carbocycles. The molecule has 1 aliphatic carbocycles. The standard InChI is InChI=1S/C12H15NO3/c1-15-9-5-6-11(16-2)10(7-9)13-12(14)8-3-4-8/h5-8H,3-4H2,1-2H3,(H,13,14). The lowest BCUT2D eigenvalue weighted by Gasteiger charge is -2.11. The summed E-state index contributed by atoms with van der Waals surface area (Å²) in [4.78, 5) is 11.6. The lowest BCUT2D eigenvalue weighted by atomic mass is 10.2. The molecule has 1 N–H and O–H groups in total. The lowest BCUT2D eigenvalue weighted by Crippen LogP contribution is -2.14. The fourth-order valence-corrected chi connectivity index (χ4v) is 1.49. The molecule has 1 saturated carbocycles. The Morgan fingerprint density at radius 3 is 2.62 bits per heavy atom. The van der Waals surface area contributed by atoms with Gasteiger partial charge in [0.1, 0.15) is 11.5 Å². The molecule has 4 nitrogen and oxygen atoms in total. The van der Waals surface area contributed by atoms with Crippen molar-refractivity contribution in [3.8, 4) is 11.5 Å². The van der Waals surface area contributed by atoms with Gasteiger partial charge < -0.3 is 14.8 Å². The average Bonchev–Trinajstić information content (AvgIpc) is 3.12. The number of carbonyl (C=O) groups excluding carboxylic acids is 1. The fraction of sp³-hybridized carbons (Fsp3) is 0.417. The van der Waals surface area contributed by atoms with Crippen molar-refractivity contribution in [2.45, 2.75) is 12.8 Å². The lowest BCUT2D eigenvalue weighted by molar-refractivity contribution is -0.117. The van der Waals surface area contributed by atoms with Gasteiger partial charge in [-0.05, 0) is 25.0 Å². The van der Waals surface area contributed by atoms with Crippen LogP contribution in [0, 0.1) is 5.92 Å². The number of rotatable bonds is 4. The van der Waals surface area contributed by atoms with Gasteiger partial charge in [0, 0.05) is 12.0 Å². The molecule has 16 heavy (non-hydrogen) atoms. The fourth-order valence-electron chi connectivity index (χ4n) is 1.49. The summed E-state index contributed by atoms with van der Waals surface area (Å²) in [5, 5.41) is 2.85. The van der Waals surface area contributed by atoms with Crippen LogP contribution in [0.4, 0.5) is 5.69 Å². The number of benzene rings is 1. The average molecular weight is 221 g/mol. The van der Waals surface area contributed by atoms with Crippen molar-refractivity contribution >= 4 is 11.6 Å². The SMILES string of the molecule is COc1ccc(OC)c(NC(=O)C2CC2)c1. The number of ether oxygens (including phenoxy) is 2. The van der Waals surface area contributed by atoms with Crippen LogP contribution in [-0.4, -0.2) is 20.1 Å². The van der Waals surface area contributed by atoms with Crippen molar-refractivity contribution in [3.05, 3.63) is 18.2 Å². The first-order valence-electron chi connectivity index (χ1n) is 5.27. The Kier molecular flexibility index (Phi) is 2.99. The highest BCUT2D eigenvalue weighted by Crippen LogP contribution is 2.33. The van der Waals surface area contributed by atoms with E-state index in [0.717, 1.165) is 12.8 Å². The molecule has 0 radical (unpaired) electrons. The van der Waals surface area contributed by atoms with Crippen LogP contribution >= 0.6 is 0 Å². The van der Waals surface area contributed by atoms with Gasteiger partial charge in [0.2, 0.25) is 5.91 Å². The number of hydrogen-bond acceptors (Lipinski definition) is 3. The first kappa shape index (κ1) is 10.8. The van der Waals surface area contributed by atoms with E-state index in [1.807, 2.05) is 0 Å². The van der Waals surface area contributed by atoms with Crippen LogP contribution in [-0.2, 0) is 4.79 Å². The Balaban J connectivity index is 2.18. The Bertz CT molecular complexity index is 399. The first-order chi connectivity index (χ1) is 7.74. The molecule has 1 aliphatic rings. The van der Waals surface area contributed by atoms with E-state index in [9.17, 15) is 4.79 Å². The molecule has 2 rings (SSSR count). The summed E-state index contributed by atoms with van der Waals surface area (Å²) < 4.78 is 10.3. The molecule has 0 spiro atoms. The highest BCUT2D eigenvalue weighted by Gasteiger charge is 2.30. The van der Waals surface area contributed by atoms with E-state index < -0.39 is 0 Å². The Hall–Kier alpha value is -1.71. The minimum atomic E-state index is 0.0616. The zero-order valence-corrected chi connectivity index (χ0v) is 9.45. The minimum absolute atomic E-state index is 0.0616. The molecule has 0 unspecified atom stereocenters. The summed E-state index contributed by atoms with van der Waals surface area (Å²) in [7, 11) is 3.17. The second kappa shape index (κ2) is 4.43. The first-order valence-corrected chi connectivity index (χ1v) is 5.27. The summed E-state index contributed by atoms with van der Waals surface area (Å²) in [5.41, 5.74) is 0.666. The molecular weight excluding hydrogens is 206 g/mol. The van der Waals surface area contributed by atoms with Gasteiger partial charge in [0.05, 0.1) is 19.9 Å². The van der Waals surface area contributed by atoms with E-state index in [2.05, 4.69) is 5.32 Å². The molecule has 1 aromatic rings. The number of amides is 1. The van der Waals surface area contributed by atoms with Gasteiger partial charge >= 0.3 is 0 Å². The zero-order valence-electron chi connectivity index (χ0n) is 9.45. The van der Waals surface area contributed by atoms with Crippen molar-refractivity contribution in [1.82, 2.24) is 0 Å². The molecular formula is C12H15NO3. The maximum atomic E-state index is 11.6. The topological polar surface area (TPSA) is 47.6 Å². The predicted molar refractivity (Wildman–Crippen MR) is 60.9 cm³/mol. The second-order valence-corrected chi connectivity index (χ2v) is 3.83. The summed E-state index contributed by atoms with van der Waals surface area (Å²) in [6.45, 7) is 0. The highest BCUT2D eigenvalue weighted by molar-refractivity contribution is 5.95. The van der Waals surface area contributed by atoms with E-state index in [1.165, 1.54) is 0 Å². The summed E-state index contributed by atoms with van der Waals surface area (Å²) in [6.07, 6.45) is 1.97. The van der Waals surface area contributed by atoms with Crippen molar-refractivity contribution in [1.29, 1.82) is 0 Å². The van der Waals surface area contributed by atoms with Gasteiger partial charge in [-0.2, -0.15) is 0 Å². The van der Waals surface area contributed by atoms with Gasteiger partial charge in [0.25, 0.3) is 0 Å². The molecule has 0 bridgehead atoms. The quantitative estimate of drug-likeness (QED) is 0.846. The number of nitrogens with one attached hydrogen (secondary N) is 1. The van der Waals surface area contributed by atoms with Crippen LogP contribution in [0.15, 0.2) is 18.2 Å². The molecule has 0 aliphatic heterocycles. The van der Waals surface area contributed by atoms with Crippen LogP contribution in [0.2, 0.25) is 0 Å². The molecule has 0 saturated heterocycles. The number of hydrogen-bond donors (Lipinski definition) is 1. The molecule has 0 aromatic heterocycles. The summed E-state index contributed by atoms with van der Waals surface area (Å²) >= 11 is 0. The number of carbonyl (C=O) groups is 1. The smallest absolute Gasteiger partial charge is 0.227 e. The monoisotopic (exact) mass is 221 g/mol. The maximum absolute atomic E-state index is 11.6. The van der Waals surface area contributed by atoms with Gasteiger partial charge in [0.15, 0.2) is 0 Å². The van der Waals surface area contributed by atoms with Crippen LogP contribution in [0.3, 0.4) is 0 Å². The van der Waals surface area contributed by atoms with Gasteiger partial charge in [-0.25, -0.2) is 0 Å². The summed E-state index contributed by atoms with van der Waals surface area (Å²) in [6, 6.07) is 5.34. The third-order valence-corrected chi connectivity index (χ3v) is 2.61. The molecule has 86 valence electrons. The molecule has 0 atom stereocenters. The largest absolute Gasteiger partial charge is 0.497 e. The van der Waals surface area contributed by atoms with Crippen LogP contribution in [0.1, 0.15) is 12.8 Å². The molecule has 1 fully saturated rings. The van der Waals surface area contributed by atoms with E-state index in [0.29, 0.717) is 17.2 Å². The van der Waals surface area contributed by atoms with Crippen molar-refractivity contribution in [3.63, 3.8) is 0 Å². The van der Waals surface area contributed by atoms with E-state index >= 15 is 0 Å². The Labute approximate surface area is 94.6 Å². The minimum Gasteiger partial charge on any atom is -0.497 e. The van der Waals surface area contributed by atoms with Gasteiger partial charge in [-0.15, -0.1) is 0 Å². The molecule has 0 heterocycles. The Morgan fingerprint density at radius 1 is 1.31 bits per heavy atom. The number of anilines is 1. The van der Waals surface area contributed by atoms with Crippen molar-refractivity contribution < 1.29 is 14.3 Å². The third kappa shape index (κ3) is 2.27.